The van der Waals surface area contributed by atoms with Gasteiger partial charge in [-0.05, 0) is 19.8 Å². The maximum atomic E-state index is 11.3. The second-order valence-electron chi connectivity index (χ2n) is 3.21. The van der Waals surface area contributed by atoms with Gasteiger partial charge >= 0.3 is 0 Å². The fourth-order valence-corrected chi connectivity index (χ4v) is 1.83. The third-order valence-corrected chi connectivity index (χ3v) is 2.41. The van der Waals surface area contributed by atoms with E-state index in [0.717, 1.165) is 18.6 Å². The molecule has 3 nitrogen and oxygen atoms in total. The lowest BCUT2D eigenvalue weighted by atomic mass is 9.83. The molecule has 0 bridgehead atoms. The summed E-state index contributed by atoms with van der Waals surface area (Å²) in [5.74, 6) is 0.295. The molecule has 1 saturated carbocycles. The summed E-state index contributed by atoms with van der Waals surface area (Å²) in [6.07, 6.45) is 2.72. The lowest BCUT2D eigenvalue weighted by Gasteiger charge is -2.21. The van der Waals surface area contributed by atoms with Crippen LogP contribution in [-0.2, 0) is 9.63 Å². The van der Waals surface area contributed by atoms with Crippen LogP contribution < -0.4 is 0 Å². The van der Waals surface area contributed by atoms with Gasteiger partial charge in [0, 0.05) is 6.42 Å². The van der Waals surface area contributed by atoms with E-state index in [-0.39, 0.29) is 12.0 Å². The van der Waals surface area contributed by atoms with Crippen molar-refractivity contribution in [1.82, 2.24) is 0 Å². The highest BCUT2D eigenvalue weighted by molar-refractivity contribution is 6.05. The zero-order valence-electron chi connectivity index (χ0n) is 6.54. The van der Waals surface area contributed by atoms with E-state index >= 15 is 0 Å². The average Bonchev–Trinajstić information content (AvgIpc) is 2.34. The molecule has 60 valence electrons. The molecule has 0 aromatic rings. The van der Waals surface area contributed by atoms with Crippen LogP contribution in [0.2, 0.25) is 0 Å². The van der Waals surface area contributed by atoms with Crippen LogP contribution in [0.15, 0.2) is 5.16 Å². The van der Waals surface area contributed by atoms with Gasteiger partial charge in [-0.3, -0.25) is 4.79 Å². The van der Waals surface area contributed by atoms with Gasteiger partial charge in [0.1, 0.15) is 11.9 Å². The van der Waals surface area contributed by atoms with Gasteiger partial charge < -0.3 is 4.84 Å². The molecule has 1 fully saturated rings. The van der Waals surface area contributed by atoms with Crippen molar-refractivity contribution in [3.05, 3.63) is 0 Å². The number of fused-ring (bicyclic) bond motifs is 1. The summed E-state index contributed by atoms with van der Waals surface area (Å²) in [6.45, 7) is 1.87. The lowest BCUT2D eigenvalue weighted by Crippen LogP contribution is -2.33. The Balaban J connectivity index is 2.21. The second-order valence-corrected chi connectivity index (χ2v) is 3.21. The van der Waals surface area contributed by atoms with Crippen LogP contribution in [0.3, 0.4) is 0 Å². The van der Waals surface area contributed by atoms with E-state index in [1.165, 1.54) is 0 Å². The van der Waals surface area contributed by atoms with Gasteiger partial charge in [0.2, 0.25) is 0 Å². The summed E-state index contributed by atoms with van der Waals surface area (Å²) in [5.41, 5.74) is 0.861. The summed E-state index contributed by atoms with van der Waals surface area (Å²) in [4.78, 5) is 16.4. The van der Waals surface area contributed by atoms with E-state index in [2.05, 4.69) is 5.16 Å². The van der Waals surface area contributed by atoms with Crippen molar-refractivity contribution in [2.24, 2.45) is 11.1 Å². The molecule has 11 heavy (non-hydrogen) atoms. The summed E-state index contributed by atoms with van der Waals surface area (Å²) >= 11 is 0. The topological polar surface area (TPSA) is 38.7 Å². The van der Waals surface area contributed by atoms with Crippen LogP contribution in [0.1, 0.15) is 26.2 Å². The van der Waals surface area contributed by atoms with E-state index in [1.54, 1.807) is 0 Å². The fourth-order valence-electron chi connectivity index (χ4n) is 1.83. The zero-order valence-corrected chi connectivity index (χ0v) is 6.54. The number of nitrogens with zero attached hydrogens (tertiary/aromatic N) is 1. The number of rotatable bonds is 0. The molecule has 2 rings (SSSR count). The number of ketones is 1. The third-order valence-electron chi connectivity index (χ3n) is 2.41. The monoisotopic (exact) mass is 153 g/mol. The summed E-state index contributed by atoms with van der Waals surface area (Å²) in [5, 5.41) is 3.83. The molecule has 1 heterocycles. The number of Topliss-reactive ketones (excluding diaryl/α,β-unsaturated/α-hetero) is 1. The molecule has 0 spiro atoms. The largest absolute Gasteiger partial charge is 0.391 e. The molecule has 0 aromatic heterocycles. The molecule has 0 amide bonds. The molecule has 1 aliphatic carbocycles. The van der Waals surface area contributed by atoms with Crippen molar-refractivity contribution in [2.45, 2.75) is 32.3 Å². The average molecular weight is 153 g/mol. The maximum absolute atomic E-state index is 11.3. The van der Waals surface area contributed by atoms with Gasteiger partial charge in [0.25, 0.3) is 0 Å². The molecule has 0 unspecified atom stereocenters. The smallest absolute Gasteiger partial charge is 0.145 e. The molecule has 0 N–H and O–H groups in total. The van der Waals surface area contributed by atoms with E-state index in [9.17, 15) is 4.79 Å². The normalized spacial score (nSPS) is 36.1. The van der Waals surface area contributed by atoms with Crippen molar-refractivity contribution in [3.63, 3.8) is 0 Å². The van der Waals surface area contributed by atoms with Crippen LogP contribution >= 0.6 is 0 Å². The number of hydrogen-bond donors (Lipinski definition) is 0. The van der Waals surface area contributed by atoms with E-state index in [1.807, 2.05) is 6.92 Å². The molecular weight excluding hydrogens is 142 g/mol. The first-order valence-corrected chi connectivity index (χ1v) is 4.02. The molecule has 2 atom stereocenters. The molecule has 0 saturated heterocycles. The lowest BCUT2D eigenvalue weighted by molar-refractivity contribution is -0.126. The van der Waals surface area contributed by atoms with Crippen LogP contribution in [0.25, 0.3) is 0 Å². The predicted molar refractivity (Wildman–Crippen MR) is 40.3 cm³/mol. The highest BCUT2D eigenvalue weighted by atomic mass is 16.6. The van der Waals surface area contributed by atoms with Gasteiger partial charge in [-0.1, -0.05) is 5.16 Å². The van der Waals surface area contributed by atoms with Crippen LogP contribution in [-0.4, -0.2) is 17.6 Å². The van der Waals surface area contributed by atoms with Gasteiger partial charge in [0.15, 0.2) is 0 Å². The Morgan fingerprint density at radius 3 is 3.18 bits per heavy atom. The number of carbonyl (C=O) groups is 1. The maximum Gasteiger partial charge on any atom is 0.145 e. The molecule has 1 aliphatic heterocycles. The summed E-state index contributed by atoms with van der Waals surface area (Å²) < 4.78 is 0. The van der Waals surface area contributed by atoms with Crippen LogP contribution in [0, 0.1) is 5.92 Å². The van der Waals surface area contributed by atoms with E-state index < -0.39 is 0 Å². The minimum absolute atomic E-state index is 0.0104. The first kappa shape index (κ1) is 6.83. The second kappa shape index (κ2) is 2.32. The molecule has 0 radical (unpaired) electrons. The Morgan fingerprint density at radius 1 is 1.64 bits per heavy atom. The molecule has 3 heteroatoms. The van der Waals surface area contributed by atoms with Crippen molar-refractivity contribution in [3.8, 4) is 0 Å². The molecule has 2 aliphatic rings. The van der Waals surface area contributed by atoms with Crippen LogP contribution in [0.4, 0.5) is 0 Å². The van der Waals surface area contributed by atoms with E-state index in [0.29, 0.717) is 12.2 Å². The molecular formula is C8H11NO2. The van der Waals surface area contributed by atoms with Crippen molar-refractivity contribution < 1.29 is 9.63 Å². The molecule has 0 aromatic carbocycles. The van der Waals surface area contributed by atoms with Gasteiger partial charge in [-0.2, -0.15) is 0 Å². The van der Waals surface area contributed by atoms with E-state index in [4.69, 9.17) is 4.84 Å². The Hall–Kier alpha value is -0.860. The summed E-state index contributed by atoms with van der Waals surface area (Å²) in [6, 6.07) is 0. The standard InChI is InChI=1S/C8H11NO2/c1-5-8-6(10)3-2-4-7(8)11-9-5/h7-8H,2-4H2,1H3/t7-,8+/m0/s1. The highest BCUT2D eigenvalue weighted by Gasteiger charge is 2.39. The Labute approximate surface area is 65.4 Å². The summed E-state index contributed by atoms with van der Waals surface area (Å²) in [7, 11) is 0. The third kappa shape index (κ3) is 0.951. The predicted octanol–water partition coefficient (Wildman–Crippen LogP) is 1.13. The highest BCUT2D eigenvalue weighted by Crippen LogP contribution is 2.29. The zero-order chi connectivity index (χ0) is 7.84. The quantitative estimate of drug-likeness (QED) is 0.523. The number of hydrogen-bond acceptors (Lipinski definition) is 3. The van der Waals surface area contributed by atoms with Crippen molar-refractivity contribution >= 4 is 11.5 Å². The minimum atomic E-state index is -0.0104. The Morgan fingerprint density at radius 2 is 2.45 bits per heavy atom. The first-order chi connectivity index (χ1) is 5.29. The Bertz CT molecular complexity index is 222. The van der Waals surface area contributed by atoms with Gasteiger partial charge in [0.05, 0.1) is 11.6 Å². The first-order valence-electron chi connectivity index (χ1n) is 4.02. The minimum Gasteiger partial charge on any atom is -0.391 e. The number of carbonyl (C=O) groups excluding carboxylic acids is 1. The van der Waals surface area contributed by atoms with Crippen LogP contribution in [0.5, 0.6) is 0 Å². The van der Waals surface area contributed by atoms with Gasteiger partial charge in [-0.25, -0.2) is 0 Å². The Kier molecular flexibility index (Phi) is 1.44. The van der Waals surface area contributed by atoms with Gasteiger partial charge in [-0.15, -0.1) is 0 Å². The number of oxime groups is 1. The van der Waals surface area contributed by atoms with Crippen molar-refractivity contribution in [2.75, 3.05) is 0 Å². The van der Waals surface area contributed by atoms with Crippen molar-refractivity contribution in [1.29, 1.82) is 0 Å². The fraction of sp³-hybridized carbons (Fsp3) is 0.750. The SMILES string of the molecule is CC1=NO[C@H]2CCCC(=O)[C@@H]12.